The number of allylic oxidation sites excluding steroid dienone is 1. The summed E-state index contributed by atoms with van der Waals surface area (Å²) in [7, 11) is 0. The number of hydrogen-bond acceptors (Lipinski definition) is 16. The molecule has 0 N–H and O–H groups in total. The lowest BCUT2D eigenvalue weighted by molar-refractivity contribution is -0.168. The number of ketones is 1. The average molecular weight is 805 g/mol. The van der Waals surface area contributed by atoms with Gasteiger partial charge in [-0.3, -0.25) is 14.4 Å². The van der Waals surface area contributed by atoms with Gasteiger partial charge in [-0.1, -0.05) is 39.5 Å². The van der Waals surface area contributed by atoms with E-state index >= 15 is 0 Å². The Labute approximate surface area is 333 Å². The molecule has 0 saturated heterocycles. The Hall–Kier alpha value is -5.64. The number of carbonyl (C=O) groups is 8. The van der Waals surface area contributed by atoms with E-state index in [9.17, 15) is 38.4 Å². The van der Waals surface area contributed by atoms with E-state index in [0.717, 1.165) is 36.5 Å². The van der Waals surface area contributed by atoms with Crippen LogP contribution in [0.2, 0.25) is 0 Å². The van der Waals surface area contributed by atoms with Crippen LogP contribution in [0.3, 0.4) is 0 Å². The highest BCUT2D eigenvalue weighted by molar-refractivity contribution is 5.89. The summed E-state index contributed by atoms with van der Waals surface area (Å²) in [5.41, 5.74) is -2.84. The molecule has 0 bridgehead atoms. The molecule has 0 aromatic rings. The molecule has 16 nitrogen and oxygen atoms in total. The molecule has 0 amide bonds. The van der Waals surface area contributed by atoms with Crippen LogP contribution in [0.15, 0.2) is 75.9 Å². The second kappa shape index (κ2) is 30.6. The van der Waals surface area contributed by atoms with E-state index in [-0.39, 0.29) is 57.9 Å². The van der Waals surface area contributed by atoms with Crippen LogP contribution in [0.1, 0.15) is 64.2 Å². The van der Waals surface area contributed by atoms with Crippen molar-refractivity contribution in [3.05, 3.63) is 75.9 Å². The van der Waals surface area contributed by atoms with Crippen LogP contribution < -0.4 is 0 Å². The summed E-state index contributed by atoms with van der Waals surface area (Å²) in [5, 5.41) is 0. The highest BCUT2D eigenvalue weighted by Gasteiger charge is 2.40. The van der Waals surface area contributed by atoms with Crippen LogP contribution in [0.25, 0.3) is 0 Å². The normalized spacial score (nSPS) is 11.6. The molecule has 16 heteroatoms. The monoisotopic (exact) mass is 804 g/mol. The van der Waals surface area contributed by atoms with E-state index in [1.54, 1.807) is 0 Å². The number of unbranched alkanes of at least 4 members (excludes halogenated alkanes) is 4. The maximum atomic E-state index is 12.8. The highest BCUT2D eigenvalue weighted by atomic mass is 16.6. The lowest BCUT2D eigenvalue weighted by Crippen LogP contribution is -2.45. The van der Waals surface area contributed by atoms with Crippen LogP contribution in [0, 0.1) is 10.8 Å². The molecule has 0 aromatic carbocycles. The summed E-state index contributed by atoms with van der Waals surface area (Å²) >= 11 is 0. The van der Waals surface area contributed by atoms with Crippen molar-refractivity contribution in [3.8, 4) is 0 Å². The van der Waals surface area contributed by atoms with Gasteiger partial charge in [-0.15, -0.1) is 0 Å². The maximum Gasteiger partial charge on any atom is 0.330 e. The van der Waals surface area contributed by atoms with Gasteiger partial charge in [-0.2, -0.15) is 0 Å². The SMILES string of the molecule is C=CC(=O)CCC(COCC(COC(=O)C=C)(COC(=O)C=C)COC(=O)CCCCCOC(=O)C=C)(COC(=O)C=C)COC(=O)CCCCCOC(=O)C=C. The van der Waals surface area contributed by atoms with Gasteiger partial charge >= 0.3 is 41.8 Å². The summed E-state index contributed by atoms with van der Waals surface area (Å²) in [4.78, 5) is 96.9. The van der Waals surface area contributed by atoms with E-state index in [4.69, 9.17) is 37.9 Å². The molecule has 0 aliphatic heterocycles. The van der Waals surface area contributed by atoms with E-state index in [1.165, 1.54) is 0 Å². The van der Waals surface area contributed by atoms with Gasteiger partial charge in [0, 0.05) is 49.6 Å². The van der Waals surface area contributed by atoms with E-state index in [1.807, 2.05) is 0 Å². The fourth-order valence-electron chi connectivity index (χ4n) is 4.59. The van der Waals surface area contributed by atoms with E-state index < -0.39 is 85.6 Å². The van der Waals surface area contributed by atoms with Gasteiger partial charge in [0.2, 0.25) is 0 Å². The third-order valence-electron chi connectivity index (χ3n) is 7.96. The zero-order chi connectivity index (χ0) is 43.0. The quantitative estimate of drug-likeness (QED) is 0.0377. The number of esters is 7. The minimum atomic E-state index is -1.51. The summed E-state index contributed by atoms with van der Waals surface area (Å²) in [5.74, 6) is -5.17. The minimum absolute atomic E-state index is 0.00492. The van der Waals surface area contributed by atoms with E-state index in [0.29, 0.717) is 38.5 Å². The van der Waals surface area contributed by atoms with Gasteiger partial charge in [0.1, 0.15) is 33.0 Å². The highest BCUT2D eigenvalue weighted by Crippen LogP contribution is 2.30. The predicted molar refractivity (Wildman–Crippen MR) is 205 cm³/mol. The average Bonchev–Trinajstić information content (AvgIpc) is 3.22. The lowest BCUT2D eigenvalue weighted by atomic mass is 9.84. The summed E-state index contributed by atoms with van der Waals surface area (Å²) in [6, 6.07) is 0. The molecule has 1 unspecified atom stereocenters. The fourth-order valence-corrected chi connectivity index (χ4v) is 4.59. The predicted octanol–water partition coefficient (Wildman–Crippen LogP) is 4.36. The summed E-state index contributed by atoms with van der Waals surface area (Å²) < 4.78 is 43.1. The molecule has 0 fully saturated rings. The van der Waals surface area contributed by atoms with Crippen LogP contribution >= 0.6 is 0 Å². The zero-order valence-electron chi connectivity index (χ0n) is 32.7. The third kappa shape index (κ3) is 25.2. The number of rotatable bonds is 35. The minimum Gasteiger partial charge on any atom is -0.465 e. The van der Waals surface area contributed by atoms with E-state index in [2.05, 4.69) is 39.5 Å². The van der Waals surface area contributed by atoms with Crippen molar-refractivity contribution in [2.75, 3.05) is 59.5 Å². The van der Waals surface area contributed by atoms with Crippen molar-refractivity contribution < 1.29 is 76.3 Å². The van der Waals surface area contributed by atoms with Crippen LogP contribution in [0.4, 0.5) is 0 Å². The van der Waals surface area contributed by atoms with Crippen molar-refractivity contribution in [3.63, 3.8) is 0 Å². The first-order chi connectivity index (χ1) is 27.2. The molecular formula is C41H56O16. The lowest BCUT2D eigenvalue weighted by Gasteiger charge is -2.35. The molecule has 0 heterocycles. The van der Waals surface area contributed by atoms with Gasteiger partial charge in [-0.05, 0) is 51.0 Å². The molecule has 0 saturated carbocycles. The van der Waals surface area contributed by atoms with Gasteiger partial charge in [-0.25, -0.2) is 24.0 Å². The van der Waals surface area contributed by atoms with Gasteiger partial charge in [0.05, 0.1) is 37.3 Å². The Balaban J connectivity index is 6.19. The Bertz CT molecular complexity index is 1260. The first-order valence-electron chi connectivity index (χ1n) is 18.2. The van der Waals surface area contributed by atoms with Crippen molar-refractivity contribution in [1.29, 1.82) is 0 Å². The maximum absolute atomic E-state index is 12.8. The van der Waals surface area contributed by atoms with Crippen LogP contribution in [0.5, 0.6) is 0 Å². The second-order valence-electron chi connectivity index (χ2n) is 12.8. The van der Waals surface area contributed by atoms with Crippen LogP contribution in [-0.4, -0.2) is 107 Å². The summed E-state index contributed by atoms with van der Waals surface area (Å²) in [6.07, 6.45) is 8.68. The van der Waals surface area contributed by atoms with Crippen molar-refractivity contribution in [2.45, 2.75) is 64.2 Å². The van der Waals surface area contributed by atoms with Gasteiger partial charge in [0.25, 0.3) is 0 Å². The summed E-state index contributed by atoms with van der Waals surface area (Å²) in [6.45, 7) is 17.7. The molecule has 0 aliphatic carbocycles. The van der Waals surface area contributed by atoms with Crippen molar-refractivity contribution >= 4 is 47.6 Å². The molecule has 0 rings (SSSR count). The first kappa shape index (κ1) is 51.4. The van der Waals surface area contributed by atoms with Crippen molar-refractivity contribution in [2.24, 2.45) is 10.8 Å². The fraction of sp³-hybridized carbons (Fsp3) is 0.512. The number of carbonyl (C=O) groups excluding carboxylic acids is 8. The number of hydrogen-bond donors (Lipinski definition) is 0. The molecular weight excluding hydrogens is 748 g/mol. The van der Waals surface area contributed by atoms with Gasteiger partial charge in [0.15, 0.2) is 5.78 Å². The second-order valence-corrected chi connectivity index (χ2v) is 12.8. The molecule has 57 heavy (non-hydrogen) atoms. The Kier molecular flexibility index (Phi) is 27.5. The van der Waals surface area contributed by atoms with Crippen LogP contribution in [-0.2, 0) is 76.3 Å². The molecule has 0 spiro atoms. The molecule has 0 aromatic heterocycles. The molecule has 1 atom stereocenters. The third-order valence-corrected chi connectivity index (χ3v) is 7.96. The Morgan fingerprint density at radius 1 is 0.368 bits per heavy atom. The largest absolute Gasteiger partial charge is 0.465 e. The number of ether oxygens (including phenoxy) is 8. The van der Waals surface area contributed by atoms with Crippen molar-refractivity contribution in [1.82, 2.24) is 0 Å². The molecule has 0 radical (unpaired) electrons. The Morgan fingerprint density at radius 2 is 0.719 bits per heavy atom. The Morgan fingerprint density at radius 3 is 1.12 bits per heavy atom. The topological polar surface area (TPSA) is 210 Å². The smallest absolute Gasteiger partial charge is 0.330 e. The molecule has 0 aliphatic rings. The first-order valence-corrected chi connectivity index (χ1v) is 18.2. The standard InChI is InChI=1S/C41H56O16/c1-7-32(42)21-22-40(27-53-35(45)10-4,28-56-38(48)19-15-13-17-23-51-33(43)8-2)25-50-26-41(29-54-36(46)11-5,30-55-37(47)12-6)31-57-39(49)20-16-14-18-24-52-34(44)9-3/h7-12H,1-6,13-31H2. The molecule has 316 valence electrons. The van der Waals surface area contributed by atoms with Gasteiger partial charge < -0.3 is 37.9 Å². The zero-order valence-corrected chi connectivity index (χ0v) is 32.7.